The molecule has 0 bridgehead atoms. The van der Waals surface area contributed by atoms with Gasteiger partial charge in [-0.05, 0) is 54.3 Å². The van der Waals surface area contributed by atoms with Gasteiger partial charge in [0.05, 0.1) is 14.2 Å². The van der Waals surface area contributed by atoms with Gasteiger partial charge in [0, 0.05) is 13.1 Å². The summed E-state index contributed by atoms with van der Waals surface area (Å²) in [6.45, 7) is 2.01. The molecule has 3 rings (SSSR count). The van der Waals surface area contributed by atoms with Gasteiger partial charge in [-0.1, -0.05) is 72.8 Å². The Kier molecular flexibility index (Phi) is 11.7. The third-order valence-corrected chi connectivity index (χ3v) is 5.44. The summed E-state index contributed by atoms with van der Waals surface area (Å²) in [5.41, 5.74) is 5.07. The fourth-order valence-corrected chi connectivity index (χ4v) is 3.53. The highest BCUT2D eigenvalue weighted by molar-refractivity contribution is 6.27. The number of nitrogens with zero attached hydrogens (tertiary/aromatic N) is 1. The quantitative estimate of drug-likeness (QED) is 0.391. The van der Waals surface area contributed by atoms with E-state index in [0.717, 1.165) is 37.4 Å². The minimum atomic E-state index is -1.82. The average molecular weight is 492 g/mol. The van der Waals surface area contributed by atoms with Gasteiger partial charge in [0.2, 0.25) is 0 Å². The number of carboxylic acid groups (broad SMARTS) is 2. The first-order valence-electron chi connectivity index (χ1n) is 11.5. The second-order valence-corrected chi connectivity index (χ2v) is 7.99. The van der Waals surface area contributed by atoms with Crippen molar-refractivity contribution < 1.29 is 29.3 Å². The molecule has 0 radical (unpaired) electrons. The van der Waals surface area contributed by atoms with Crippen LogP contribution in [-0.2, 0) is 16.0 Å². The molecule has 0 spiro atoms. The molecule has 0 fully saturated rings. The Morgan fingerprint density at radius 2 is 1.31 bits per heavy atom. The van der Waals surface area contributed by atoms with Crippen LogP contribution < -0.4 is 9.47 Å². The summed E-state index contributed by atoms with van der Waals surface area (Å²) >= 11 is 0. The van der Waals surface area contributed by atoms with E-state index in [4.69, 9.17) is 29.3 Å². The lowest BCUT2D eigenvalue weighted by atomic mass is 9.97. The Hall–Kier alpha value is -4.10. The van der Waals surface area contributed by atoms with Crippen molar-refractivity contribution in [1.29, 1.82) is 0 Å². The normalized spacial score (nSPS) is 10.1. The molecule has 0 saturated carbocycles. The number of hydrogen-bond donors (Lipinski definition) is 2. The monoisotopic (exact) mass is 491 g/mol. The van der Waals surface area contributed by atoms with Crippen LogP contribution in [0.1, 0.15) is 23.1 Å². The predicted molar refractivity (Wildman–Crippen MR) is 141 cm³/mol. The largest absolute Gasteiger partial charge is 0.493 e. The molecule has 0 aliphatic rings. The van der Waals surface area contributed by atoms with E-state index >= 15 is 0 Å². The van der Waals surface area contributed by atoms with Crippen molar-refractivity contribution in [3.63, 3.8) is 0 Å². The number of likely N-dealkylation sites (N-methyl/N-ethyl adjacent to an activating group) is 1. The molecule has 0 aromatic heterocycles. The summed E-state index contributed by atoms with van der Waals surface area (Å²) < 4.78 is 10.7. The second-order valence-electron chi connectivity index (χ2n) is 7.99. The fraction of sp³-hybridized carbons (Fsp3) is 0.241. The van der Waals surface area contributed by atoms with Gasteiger partial charge >= 0.3 is 11.9 Å². The maximum absolute atomic E-state index is 9.10. The fourth-order valence-electron chi connectivity index (χ4n) is 3.53. The van der Waals surface area contributed by atoms with Gasteiger partial charge in [0.25, 0.3) is 0 Å². The van der Waals surface area contributed by atoms with Crippen LogP contribution >= 0.6 is 0 Å². The number of ether oxygens (including phenoxy) is 2. The lowest BCUT2D eigenvalue weighted by Gasteiger charge is -2.17. The summed E-state index contributed by atoms with van der Waals surface area (Å²) in [5.74, 6) is -2.09. The van der Waals surface area contributed by atoms with Crippen LogP contribution in [0.15, 0.2) is 84.9 Å². The number of rotatable bonds is 10. The topological polar surface area (TPSA) is 96.3 Å². The van der Waals surface area contributed by atoms with Crippen molar-refractivity contribution in [2.24, 2.45) is 0 Å². The molecule has 190 valence electrons. The molecular weight excluding hydrogens is 458 g/mol. The first-order valence-corrected chi connectivity index (χ1v) is 11.5. The molecule has 0 atom stereocenters. The number of aliphatic carboxylic acids is 2. The van der Waals surface area contributed by atoms with Crippen LogP contribution in [0.2, 0.25) is 0 Å². The summed E-state index contributed by atoms with van der Waals surface area (Å²) in [4.78, 5) is 20.6. The van der Waals surface area contributed by atoms with Gasteiger partial charge in [-0.15, -0.1) is 0 Å². The molecule has 7 heteroatoms. The number of carbonyl (C=O) groups is 2. The number of methoxy groups -OCH3 is 2. The molecule has 3 aromatic rings. The van der Waals surface area contributed by atoms with Gasteiger partial charge in [-0.2, -0.15) is 0 Å². The highest BCUT2D eigenvalue weighted by Gasteiger charge is 2.07. The standard InChI is InChI=1S/C27H31NO2.C2H2O4/c1-28(20-18-22-16-17-26(29-2)27(21-22)30-3)19-10-15-25(23-11-6-4-7-12-23)24-13-8-5-9-14-24;3-1(4)2(5)6/h4-9,11-17,21H,10,18-20H2,1-3H3;(H,3,4)(H,5,6). The van der Waals surface area contributed by atoms with Crippen LogP contribution in [-0.4, -0.2) is 61.4 Å². The van der Waals surface area contributed by atoms with Crippen molar-refractivity contribution in [2.45, 2.75) is 12.8 Å². The van der Waals surface area contributed by atoms with Crippen LogP contribution in [0.5, 0.6) is 11.5 Å². The summed E-state index contributed by atoms with van der Waals surface area (Å²) in [6.07, 6.45) is 4.34. The third kappa shape index (κ3) is 9.27. The molecule has 0 aliphatic carbocycles. The Balaban J connectivity index is 0.000000678. The smallest absolute Gasteiger partial charge is 0.414 e. The average Bonchev–Trinajstić information content (AvgIpc) is 2.91. The summed E-state index contributed by atoms with van der Waals surface area (Å²) in [5, 5.41) is 14.8. The zero-order valence-corrected chi connectivity index (χ0v) is 20.9. The molecule has 0 unspecified atom stereocenters. The van der Waals surface area contributed by atoms with Crippen LogP contribution in [0, 0.1) is 0 Å². The Morgan fingerprint density at radius 3 is 1.78 bits per heavy atom. The Morgan fingerprint density at radius 1 is 0.778 bits per heavy atom. The number of benzene rings is 3. The SMILES string of the molecule is COc1ccc(CCN(C)CCC=C(c2ccccc2)c2ccccc2)cc1OC.O=C(O)C(=O)O. The van der Waals surface area contributed by atoms with E-state index in [2.05, 4.69) is 90.8 Å². The van der Waals surface area contributed by atoms with E-state index in [0.29, 0.717) is 0 Å². The minimum absolute atomic E-state index is 0.772. The van der Waals surface area contributed by atoms with Crippen LogP contribution in [0.25, 0.3) is 5.57 Å². The second kappa shape index (κ2) is 15.0. The Labute approximate surface area is 212 Å². The van der Waals surface area contributed by atoms with Gasteiger partial charge < -0.3 is 24.6 Å². The molecule has 3 aromatic carbocycles. The predicted octanol–water partition coefficient (Wildman–Crippen LogP) is 4.86. The van der Waals surface area contributed by atoms with Crippen LogP contribution in [0.4, 0.5) is 0 Å². The molecule has 0 saturated heterocycles. The molecule has 36 heavy (non-hydrogen) atoms. The molecule has 0 aliphatic heterocycles. The highest BCUT2D eigenvalue weighted by Crippen LogP contribution is 2.28. The van der Waals surface area contributed by atoms with Gasteiger partial charge in [-0.25, -0.2) is 9.59 Å². The van der Waals surface area contributed by atoms with E-state index in [1.54, 1.807) is 14.2 Å². The van der Waals surface area contributed by atoms with Crippen molar-refractivity contribution in [3.8, 4) is 11.5 Å². The van der Waals surface area contributed by atoms with Gasteiger partial charge in [0.1, 0.15) is 0 Å². The van der Waals surface area contributed by atoms with E-state index in [1.807, 2.05) is 6.07 Å². The zero-order chi connectivity index (χ0) is 26.3. The molecular formula is C29H33NO6. The van der Waals surface area contributed by atoms with E-state index in [-0.39, 0.29) is 0 Å². The van der Waals surface area contributed by atoms with E-state index in [9.17, 15) is 0 Å². The first kappa shape index (κ1) is 28.1. The molecule has 2 N–H and O–H groups in total. The minimum Gasteiger partial charge on any atom is -0.493 e. The molecule has 7 nitrogen and oxygen atoms in total. The van der Waals surface area contributed by atoms with Crippen LogP contribution in [0.3, 0.4) is 0 Å². The third-order valence-electron chi connectivity index (χ3n) is 5.44. The first-order chi connectivity index (χ1) is 17.3. The maximum atomic E-state index is 9.10. The number of hydrogen-bond acceptors (Lipinski definition) is 5. The zero-order valence-electron chi connectivity index (χ0n) is 20.9. The van der Waals surface area contributed by atoms with Gasteiger partial charge in [-0.3, -0.25) is 0 Å². The van der Waals surface area contributed by atoms with Crippen molar-refractivity contribution in [3.05, 3.63) is 102 Å². The lowest BCUT2D eigenvalue weighted by Crippen LogP contribution is -2.22. The van der Waals surface area contributed by atoms with Crippen molar-refractivity contribution in [1.82, 2.24) is 4.90 Å². The van der Waals surface area contributed by atoms with Gasteiger partial charge in [0.15, 0.2) is 11.5 Å². The Bertz CT molecular complexity index is 1080. The maximum Gasteiger partial charge on any atom is 0.414 e. The molecule has 0 heterocycles. The van der Waals surface area contributed by atoms with E-state index in [1.165, 1.54) is 22.3 Å². The lowest BCUT2D eigenvalue weighted by molar-refractivity contribution is -0.159. The van der Waals surface area contributed by atoms with Crippen molar-refractivity contribution >= 4 is 17.5 Å². The number of carboxylic acids is 2. The van der Waals surface area contributed by atoms with E-state index < -0.39 is 11.9 Å². The van der Waals surface area contributed by atoms with Crippen molar-refractivity contribution in [2.75, 3.05) is 34.4 Å². The highest BCUT2D eigenvalue weighted by atomic mass is 16.5. The molecule has 0 amide bonds. The summed E-state index contributed by atoms with van der Waals surface area (Å²) in [6, 6.07) is 27.4. The summed E-state index contributed by atoms with van der Waals surface area (Å²) in [7, 11) is 5.52.